The van der Waals surface area contributed by atoms with Crippen LogP contribution in [-0.4, -0.2) is 23.6 Å². The Bertz CT molecular complexity index is 229. The van der Waals surface area contributed by atoms with Crippen molar-refractivity contribution < 1.29 is 18.0 Å². The van der Waals surface area contributed by atoms with Crippen molar-refractivity contribution in [2.45, 2.75) is 19.5 Å². The lowest BCUT2D eigenvalue weighted by atomic mass is 10.2. The molecule has 0 aromatic rings. The molecule has 0 bridgehead atoms. The van der Waals surface area contributed by atoms with Crippen LogP contribution in [0.25, 0.3) is 0 Å². The standard InChI is InChI=1S/C7H11F3N2OS/c1-4(6(11)14)3-12-5(13)2-7(8,9)10/h4H,2-3H2,1H3,(H2,11,14)(H,12,13). The number of amides is 1. The van der Waals surface area contributed by atoms with Crippen molar-refractivity contribution in [2.24, 2.45) is 11.7 Å². The molecule has 0 aromatic heterocycles. The maximum Gasteiger partial charge on any atom is 0.397 e. The van der Waals surface area contributed by atoms with E-state index in [9.17, 15) is 18.0 Å². The van der Waals surface area contributed by atoms with Gasteiger partial charge in [-0.1, -0.05) is 19.1 Å². The van der Waals surface area contributed by atoms with Crippen LogP contribution in [0.2, 0.25) is 0 Å². The van der Waals surface area contributed by atoms with E-state index in [-0.39, 0.29) is 17.5 Å². The Morgan fingerprint density at radius 1 is 1.57 bits per heavy atom. The topological polar surface area (TPSA) is 55.1 Å². The van der Waals surface area contributed by atoms with Gasteiger partial charge in [-0.3, -0.25) is 4.79 Å². The first-order valence-electron chi connectivity index (χ1n) is 3.85. The molecular formula is C7H11F3N2OS. The van der Waals surface area contributed by atoms with E-state index in [0.717, 1.165) is 0 Å². The molecule has 0 rings (SSSR count). The first kappa shape index (κ1) is 13.2. The molecule has 1 atom stereocenters. The highest BCUT2D eigenvalue weighted by Gasteiger charge is 2.31. The Morgan fingerprint density at radius 3 is 2.43 bits per heavy atom. The fourth-order valence-corrected chi connectivity index (χ4v) is 0.695. The first-order valence-corrected chi connectivity index (χ1v) is 4.26. The highest BCUT2D eigenvalue weighted by Crippen LogP contribution is 2.18. The van der Waals surface area contributed by atoms with Gasteiger partial charge in [-0.25, -0.2) is 0 Å². The van der Waals surface area contributed by atoms with E-state index in [1.165, 1.54) is 0 Å². The van der Waals surface area contributed by atoms with Gasteiger partial charge in [0.05, 0.1) is 4.99 Å². The number of hydrogen-bond donors (Lipinski definition) is 2. The predicted octanol–water partition coefficient (Wildman–Crippen LogP) is 0.977. The summed E-state index contributed by atoms with van der Waals surface area (Å²) in [6.45, 7) is 1.65. The summed E-state index contributed by atoms with van der Waals surface area (Å²) >= 11 is 4.58. The summed E-state index contributed by atoms with van der Waals surface area (Å²) in [4.78, 5) is 10.8. The van der Waals surface area contributed by atoms with Gasteiger partial charge in [0.1, 0.15) is 6.42 Å². The lowest BCUT2D eigenvalue weighted by Crippen LogP contribution is -2.35. The third-order valence-electron chi connectivity index (χ3n) is 1.45. The van der Waals surface area contributed by atoms with Crippen LogP contribution >= 0.6 is 12.2 Å². The highest BCUT2D eigenvalue weighted by atomic mass is 32.1. The summed E-state index contributed by atoms with van der Waals surface area (Å²) in [6.07, 6.45) is -5.95. The molecule has 0 spiro atoms. The lowest BCUT2D eigenvalue weighted by molar-refractivity contribution is -0.153. The first-order chi connectivity index (χ1) is 6.22. The number of halogens is 3. The maximum absolute atomic E-state index is 11.7. The van der Waals surface area contributed by atoms with Gasteiger partial charge < -0.3 is 11.1 Å². The molecule has 1 unspecified atom stereocenters. The largest absolute Gasteiger partial charge is 0.397 e. The molecule has 1 amide bonds. The predicted molar refractivity (Wildman–Crippen MR) is 49.6 cm³/mol. The molecule has 3 nitrogen and oxygen atoms in total. The number of thiocarbonyl (C=S) groups is 1. The van der Waals surface area contributed by atoms with Gasteiger partial charge in [0.2, 0.25) is 5.91 Å². The van der Waals surface area contributed by atoms with Gasteiger partial charge >= 0.3 is 6.18 Å². The Hall–Kier alpha value is -0.850. The summed E-state index contributed by atoms with van der Waals surface area (Å²) in [5, 5.41) is 2.09. The number of nitrogens with one attached hydrogen (secondary N) is 1. The van der Waals surface area contributed by atoms with E-state index < -0.39 is 18.5 Å². The van der Waals surface area contributed by atoms with Crippen LogP contribution in [0.1, 0.15) is 13.3 Å². The van der Waals surface area contributed by atoms with Crippen LogP contribution < -0.4 is 11.1 Å². The Balaban J connectivity index is 3.81. The zero-order valence-electron chi connectivity index (χ0n) is 7.52. The molecular weight excluding hydrogens is 217 g/mol. The van der Waals surface area contributed by atoms with Crippen molar-refractivity contribution in [1.29, 1.82) is 0 Å². The smallest absolute Gasteiger partial charge is 0.393 e. The molecule has 82 valence electrons. The monoisotopic (exact) mass is 228 g/mol. The van der Waals surface area contributed by atoms with Gasteiger partial charge in [0.15, 0.2) is 0 Å². The van der Waals surface area contributed by atoms with Crippen molar-refractivity contribution in [2.75, 3.05) is 6.54 Å². The number of nitrogens with two attached hydrogens (primary N) is 1. The van der Waals surface area contributed by atoms with Gasteiger partial charge in [-0.15, -0.1) is 0 Å². The van der Waals surface area contributed by atoms with Crippen molar-refractivity contribution in [3.05, 3.63) is 0 Å². The van der Waals surface area contributed by atoms with Gasteiger partial charge in [0.25, 0.3) is 0 Å². The van der Waals surface area contributed by atoms with E-state index in [1.807, 2.05) is 0 Å². The summed E-state index contributed by atoms with van der Waals surface area (Å²) in [5.41, 5.74) is 5.21. The number of alkyl halides is 3. The second-order valence-corrected chi connectivity index (χ2v) is 3.37. The number of carbonyl (C=O) groups excluding carboxylic acids is 1. The fourth-order valence-electron chi connectivity index (χ4n) is 0.612. The molecule has 0 aliphatic rings. The molecule has 0 saturated carbocycles. The zero-order chi connectivity index (χ0) is 11.4. The molecule has 7 heteroatoms. The third-order valence-corrected chi connectivity index (χ3v) is 1.85. The lowest BCUT2D eigenvalue weighted by Gasteiger charge is -2.11. The Kier molecular flexibility index (Phi) is 4.82. The molecule has 0 aliphatic carbocycles. The van der Waals surface area contributed by atoms with Crippen molar-refractivity contribution in [3.8, 4) is 0 Å². The number of carbonyl (C=O) groups is 1. The van der Waals surface area contributed by atoms with Crippen LogP contribution in [-0.2, 0) is 4.79 Å². The minimum atomic E-state index is -4.48. The van der Waals surface area contributed by atoms with E-state index >= 15 is 0 Å². The quantitative estimate of drug-likeness (QED) is 0.705. The molecule has 0 heterocycles. The SMILES string of the molecule is CC(CNC(=O)CC(F)(F)F)C(N)=S. The maximum atomic E-state index is 11.7. The van der Waals surface area contributed by atoms with Gasteiger partial charge in [0, 0.05) is 12.5 Å². The van der Waals surface area contributed by atoms with E-state index in [2.05, 4.69) is 17.5 Å². The van der Waals surface area contributed by atoms with Crippen LogP contribution in [0, 0.1) is 5.92 Å². The van der Waals surface area contributed by atoms with Gasteiger partial charge in [-0.05, 0) is 0 Å². The zero-order valence-corrected chi connectivity index (χ0v) is 8.34. The van der Waals surface area contributed by atoms with Crippen molar-refractivity contribution in [3.63, 3.8) is 0 Å². The molecule has 0 fully saturated rings. The second-order valence-electron chi connectivity index (χ2n) is 2.90. The summed E-state index contributed by atoms with van der Waals surface area (Å²) < 4.78 is 35.0. The van der Waals surface area contributed by atoms with Crippen LogP contribution in [0.15, 0.2) is 0 Å². The average Bonchev–Trinajstić information content (AvgIpc) is 1.96. The number of rotatable bonds is 4. The minimum absolute atomic E-state index is 0.0320. The van der Waals surface area contributed by atoms with Crippen LogP contribution in [0.3, 0.4) is 0 Å². The summed E-state index contributed by atoms with van der Waals surface area (Å²) in [6, 6.07) is 0. The number of hydrogen-bond acceptors (Lipinski definition) is 2. The Morgan fingerprint density at radius 2 is 2.07 bits per heavy atom. The normalized spacial score (nSPS) is 13.4. The van der Waals surface area contributed by atoms with Crippen LogP contribution in [0.5, 0.6) is 0 Å². The van der Waals surface area contributed by atoms with Crippen molar-refractivity contribution in [1.82, 2.24) is 5.32 Å². The Labute approximate surface area is 84.8 Å². The minimum Gasteiger partial charge on any atom is -0.393 e. The fraction of sp³-hybridized carbons (Fsp3) is 0.714. The molecule has 14 heavy (non-hydrogen) atoms. The summed E-state index contributed by atoms with van der Waals surface area (Å²) in [5.74, 6) is -1.37. The highest BCUT2D eigenvalue weighted by molar-refractivity contribution is 7.80. The van der Waals surface area contributed by atoms with Gasteiger partial charge in [-0.2, -0.15) is 13.2 Å². The third kappa shape index (κ3) is 6.64. The second kappa shape index (κ2) is 5.14. The van der Waals surface area contributed by atoms with Crippen LogP contribution in [0.4, 0.5) is 13.2 Å². The summed E-state index contributed by atoms with van der Waals surface area (Å²) in [7, 11) is 0. The van der Waals surface area contributed by atoms with Crippen molar-refractivity contribution >= 4 is 23.1 Å². The molecule has 3 N–H and O–H groups in total. The molecule has 0 radical (unpaired) electrons. The van der Waals surface area contributed by atoms with E-state index in [0.29, 0.717) is 0 Å². The molecule has 0 saturated heterocycles. The van der Waals surface area contributed by atoms with E-state index in [4.69, 9.17) is 5.73 Å². The average molecular weight is 228 g/mol. The van der Waals surface area contributed by atoms with E-state index in [1.54, 1.807) is 6.92 Å². The molecule has 0 aromatic carbocycles. The molecule has 0 aliphatic heterocycles.